The van der Waals surface area contributed by atoms with Crippen molar-refractivity contribution in [1.82, 2.24) is 20.2 Å². The van der Waals surface area contributed by atoms with Gasteiger partial charge in [0.15, 0.2) is 0 Å². The Bertz CT molecular complexity index is 437. The predicted octanol–water partition coefficient (Wildman–Crippen LogP) is 1.90. The number of aromatic nitrogens is 2. The third kappa shape index (κ3) is 4.93. The normalized spacial score (nSPS) is 20.0. The summed E-state index contributed by atoms with van der Waals surface area (Å²) in [6.07, 6.45) is 6.42. The van der Waals surface area contributed by atoms with Gasteiger partial charge in [-0.1, -0.05) is 0 Å². The first-order chi connectivity index (χ1) is 9.85. The monoisotopic (exact) mass is 291 g/mol. The fourth-order valence-electron chi connectivity index (χ4n) is 2.61. The molecule has 1 atom stereocenters. The quantitative estimate of drug-likeness (QED) is 0.897. The highest BCUT2D eigenvalue weighted by Gasteiger charge is 2.22. The maximum Gasteiger partial charge on any atom is 0.225 e. The lowest BCUT2D eigenvalue weighted by molar-refractivity contribution is 0.313. The van der Waals surface area contributed by atoms with E-state index in [0.717, 1.165) is 24.6 Å². The summed E-state index contributed by atoms with van der Waals surface area (Å²) in [5.74, 6) is 0.815. The summed E-state index contributed by atoms with van der Waals surface area (Å²) in [7, 11) is 4.28. The number of likely N-dealkylation sites (N-methyl/N-ethyl adjacent to an activating group) is 2. The maximum atomic E-state index is 4.50. The molecule has 0 aromatic carbocycles. The molecule has 1 aromatic heterocycles. The maximum absolute atomic E-state index is 4.50. The predicted molar refractivity (Wildman–Crippen MR) is 87.5 cm³/mol. The van der Waals surface area contributed by atoms with Gasteiger partial charge >= 0.3 is 0 Å². The van der Waals surface area contributed by atoms with E-state index in [1.807, 2.05) is 12.4 Å². The van der Waals surface area contributed by atoms with Crippen molar-refractivity contribution in [2.24, 2.45) is 0 Å². The van der Waals surface area contributed by atoms with E-state index in [1.54, 1.807) is 0 Å². The van der Waals surface area contributed by atoms with Gasteiger partial charge in [0.1, 0.15) is 0 Å². The van der Waals surface area contributed by atoms with Crippen LogP contribution in [0.15, 0.2) is 12.4 Å². The molecule has 5 nitrogen and oxygen atoms in total. The largest absolute Gasteiger partial charge is 0.342 e. The molecule has 1 aromatic rings. The van der Waals surface area contributed by atoms with Crippen LogP contribution >= 0.6 is 0 Å². The van der Waals surface area contributed by atoms with Crippen molar-refractivity contribution in [3.63, 3.8) is 0 Å². The lowest BCUT2D eigenvalue weighted by Crippen LogP contribution is -2.37. The molecule has 0 amide bonds. The Morgan fingerprint density at radius 1 is 1.33 bits per heavy atom. The van der Waals surface area contributed by atoms with Crippen LogP contribution in [0.2, 0.25) is 0 Å². The van der Waals surface area contributed by atoms with Crippen molar-refractivity contribution in [2.75, 3.05) is 32.1 Å². The second-order valence-electron chi connectivity index (χ2n) is 7.15. The molecule has 0 radical (unpaired) electrons. The molecule has 118 valence electrons. The van der Waals surface area contributed by atoms with E-state index < -0.39 is 0 Å². The fraction of sp³-hybridized carbons (Fsp3) is 0.750. The summed E-state index contributed by atoms with van der Waals surface area (Å²) >= 11 is 0. The number of hydrogen-bond donors (Lipinski definition) is 1. The molecule has 0 aliphatic carbocycles. The van der Waals surface area contributed by atoms with Crippen molar-refractivity contribution in [1.29, 1.82) is 0 Å². The minimum Gasteiger partial charge on any atom is -0.342 e. The third-order valence-electron chi connectivity index (χ3n) is 4.01. The molecular weight excluding hydrogens is 262 g/mol. The van der Waals surface area contributed by atoms with E-state index in [2.05, 4.69) is 60.0 Å². The first kappa shape index (κ1) is 16.2. The zero-order chi connectivity index (χ0) is 15.5. The van der Waals surface area contributed by atoms with Crippen molar-refractivity contribution in [3.05, 3.63) is 18.0 Å². The van der Waals surface area contributed by atoms with Crippen LogP contribution < -0.4 is 10.2 Å². The average molecular weight is 291 g/mol. The molecule has 21 heavy (non-hydrogen) atoms. The Labute approximate surface area is 128 Å². The molecule has 0 saturated carbocycles. The Balaban J connectivity index is 1.89. The molecule has 1 unspecified atom stereocenters. The van der Waals surface area contributed by atoms with E-state index in [4.69, 9.17) is 0 Å². The topological polar surface area (TPSA) is 44.3 Å². The van der Waals surface area contributed by atoms with E-state index in [1.165, 1.54) is 19.4 Å². The molecule has 1 aliphatic heterocycles. The highest BCUT2D eigenvalue weighted by Crippen LogP contribution is 2.17. The molecule has 0 bridgehead atoms. The third-order valence-corrected chi connectivity index (χ3v) is 4.01. The van der Waals surface area contributed by atoms with Gasteiger partial charge in [-0.05, 0) is 47.2 Å². The summed E-state index contributed by atoms with van der Waals surface area (Å²) in [6.45, 7) is 9.49. The van der Waals surface area contributed by atoms with Crippen LogP contribution in [0, 0.1) is 0 Å². The molecule has 2 heterocycles. The molecule has 0 spiro atoms. The Morgan fingerprint density at radius 3 is 2.52 bits per heavy atom. The minimum absolute atomic E-state index is 0.114. The van der Waals surface area contributed by atoms with E-state index in [-0.39, 0.29) is 5.54 Å². The van der Waals surface area contributed by atoms with Crippen molar-refractivity contribution >= 4 is 5.95 Å². The summed E-state index contributed by atoms with van der Waals surface area (Å²) in [4.78, 5) is 13.6. The number of rotatable bonds is 5. The fourth-order valence-corrected chi connectivity index (χ4v) is 2.61. The van der Waals surface area contributed by atoms with Crippen LogP contribution in [0.5, 0.6) is 0 Å². The average Bonchev–Trinajstić information content (AvgIpc) is 2.82. The van der Waals surface area contributed by atoms with Gasteiger partial charge in [0, 0.05) is 49.7 Å². The summed E-state index contributed by atoms with van der Waals surface area (Å²) in [6, 6.07) is 0.626. The first-order valence-corrected chi connectivity index (χ1v) is 7.82. The Hall–Kier alpha value is -1.20. The van der Waals surface area contributed by atoms with Crippen LogP contribution in [0.25, 0.3) is 0 Å². The minimum atomic E-state index is 0.114. The molecule has 1 fully saturated rings. The summed E-state index contributed by atoms with van der Waals surface area (Å²) in [5.41, 5.74) is 1.24. The van der Waals surface area contributed by atoms with E-state index >= 15 is 0 Å². The highest BCUT2D eigenvalue weighted by molar-refractivity contribution is 5.28. The highest BCUT2D eigenvalue weighted by atomic mass is 15.3. The molecule has 2 rings (SSSR count). The van der Waals surface area contributed by atoms with E-state index in [0.29, 0.717) is 6.04 Å². The van der Waals surface area contributed by atoms with Gasteiger partial charge in [-0.2, -0.15) is 0 Å². The van der Waals surface area contributed by atoms with Crippen LogP contribution in [0.4, 0.5) is 5.95 Å². The lowest BCUT2D eigenvalue weighted by Gasteiger charge is -2.26. The number of nitrogens with zero attached hydrogens (tertiary/aromatic N) is 4. The number of hydrogen-bond acceptors (Lipinski definition) is 5. The van der Waals surface area contributed by atoms with Gasteiger partial charge in [-0.25, -0.2) is 9.97 Å². The Morgan fingerprint density at radius 2 is 2.00 bits per heavy atom. The molecule has 1 N–H and O–H groups in total. The second kappa shape index (κ2) is 6.71. The van der Waals surface area contributed by atoms with Crippen LogP contribution in [-0.2, 0) is 6.54 Å². The van der Waals surface area contributed by atoms with Crippen LogP contribution in [0.1, 0.15) is 39.2 Å². The zero-order valence-corrected chi connectivity index (χ0v) is 14.1. The standard InChI is InChI=1S/C16H29N5/c1-16(2,3)19-11-13-9-17-15(18-10-13)21(5)12-14-7-6-8-20(14)4/h9-10,14,19H,6-8,11-12H2,1-5H3. The molecule has 5 heteroatoms. The second-order valence-corrected chi connectivity index (χ2v) is 7.15. The Kier molecular flexibility index (Phi) is 5.17. The van der Waals surface area contributed by atoms with E-state index in [9.17, 15) is 0 Å². The van der Waals surface area contributed by atoms with Gasteiger partial charge in [0.25, 0.3) is 0 Å². The first-order valence-electron chi connectivity index (χ1n) is 7.82. The summed E-state index contributed by atoms with van der Waals surface area (Å²) in [5, 5.41) is 3.45. The lowest BCUT2D eigenvalue weighted by atomic mass is 10.1. The van der Waals surface area contributed by atoms with Crippen molar-refractivity contribution in [2.45, 2.75) is 51.7 Å². The van der Waals surface area contributed by atoms with Gasteiger partial charge < -0.3 is 15.1 Å². The van der Waals surface area contributed by atoms with Gasteiger partial charge in [-0.15, -0.1) is 0 Å². The number of anilines is 1. The molecule has 1 saturated heterocycles. The van der Waals surface area contributed by atoms with Crippen LogP contribution in [0.3, 0.4) is 0 Å². The van der Waals surface area contributed by atoms with Crippen molar-refractivity contribution in [3.8, 4) is 0 Å². The van der Waals surface area contributed by atoms with Gasteiger partial charge in [0.2, 0.25) is 5.95 Å². The van der Waals surface area contributed by atoms with Crippen molar-refractivity contribution < 1.29 is 0 Å². The van der Waals surface area contributed by atoms with Crippen LogP contribution in [-0.4, -0.2) is 53.6 Å². The number of nitrogens with one attached hydrogen (secondary N) is 1. The van der Waals surface area contributed by atoms with Gasteiger partial charge in [0.05, 0.1) is 0 Å². The summed E-state index contributed by atoms with van der Waals surface area (Å²) < 4.78 is 0. The smallest absolute Gasteiger partial charge is 0.225 e. The molecular formula is C16H29N5. The number of likely N-dealkylation sites (tertiary alicyclic amines) is 1. The SMILES string of the molecule is CN(CC1CCCN1C)c1ncc(CNC(C)(C)C)cn1. The zero-order valence-electron chi connectivity index (χ0n) is 14.1. The van der Waals surface area contributed by atoms with Gasteiger partial charge in [-0.3, -0.25) is 0 Å². The molecule has 1 aliphatic rings.